The molecule has 1 heterocycles. The molecule has 0 fully saturated rings. The maximum Gasteiger partial charge on any atom is 0.363 e. The van der Waals surface area contributed by atoms with E-state index in [-0.39, 0.29) is 0 Å². The van der Waals surface area contributed by atoms with Gasteiger partial charge in [0.2, 0.25) is 0 Å². The molecule has 0 saturated carbocycles. The van der Waals surface area contributed by atoms with E-state index in [1.807, 2.05) is 6.92 Å². The molecule has 0 aliphatic heterocycles. The van der Waals surface area contributed by atoms with E-state index < -0.39 is 5.69 Å². The fourth-order valence-corrected chi connectivity index (χ4v) is 0.650. The molecule has 1 aromatic rings. The maximum atomic E-state index is 10.6. The van der Waals surface area contributed by atoms with Crippen molar-refractivity contribution in [1.29, 1.82) is 0 Å². The monoisotopic (exact) mass is 154 g/mol. The number of nitrogens with zero attached hydrogens (tertiary/aromatic N) is 2. The van der Waals surface area contributed by atoms with Gasteiger partial charge in [-0.25, -0.2) is 9.89 Å². The molecular formula is C6H10N4O. The van der Waals surface area contributed by atoms with Gasteiger partial charge in [-0.2, -0.15) is 10.1 Å². The number of aromatic nitrogens is 3. The summed E-state index contributed by atoms with van der Waals surface area (Å²) < 4.78 is 0. The predicted octanol–water partition coefficient (Wildman–Crippen LogP) is -0.0132. The molecule has 0 amide bonds. The first-order chi connectivity index (χ1) is 5.33. The van der Waals surface area contributed by atoms with Crippen LogP contribution in [0.25, 0.3) is 0 Å². The summed E-state index contributed by atoms with van der Waals surface area (Å²) in [7, 11) is 0. The van der Waals surface area contributed by atoms with Gasteiger partial charge in [0.25, 0.3) is 0 Å². The molecule has 2 N–H and O–H groups in total. The molecule has 0 spiro atoms. The quantitative estimate of drug-likeness (QED) is 0.642. The first kappa shape index (κ1) is 7.71. The van der Waals surface area contributed by atoms with E-state index in [0.29, 0.717) is 5.82 Å². The molecule has 0 atom stereocenters. The number of hydrogen-bond donors (Lipinski definition) is 2. The van der Waals surface area contributed by atoms with Crippen molar-refractivity contribution in [3.63, 3.8) is 0 Å². The summed E-state index contributed by atoms with van der Waals surface area (Å²) in [5.74, 6) is 0.524. The zero-order valence-corrected chi connectivity index (χ0v) is 6.29. The Hall–Kier alpha value is -1.39. The molecule has 0 aliphatic rings. The summed E-state index contributed by atoms with van der Waals surface area (Å²) >= 11 is 0. The minimum Gasteiger partial charge on any atom is -0.369 e. The summed E-state index contributed by atoms with van der Waals surface area (Å²) in [5, 5.41) is 8.71. The van der Waals surface area contributed by atoms with Gasteiger partial charge >= 0.3 is 5.69 Å². The zero-order valence-electron chi connectivity index (χ0n) is 6.29. The highest BCUT2D eigenvalue weighted by atomic mass is 16.1. The summed E-state index contributed by atoms with van der Waals surface area (Å²) in [6.45, 7) is 2.84. The molecule has 60 valence electrons. The fraction of sp³-hybridized carbons (Fsp3) is 0.500. The lowest BCUT2D eigenvalue weighted by Gasteiger charge is -1.99. The van der Waals surface area contributed by atoms with Crippen molar-refractivity contribution in [3.8, 4) is 0 Å². The van der Waals surface area contributed by atoms with Crippen LogP contribution in [-0.4, -0.2) is 21.7 Å². The Bertz CT molecular complexity index is 269. The number of anilines is 1. The Morgan fingerprint density at radius 2 is 2.55 bits per heavy atom. The van der Waals surface area contributed by atoms with E-state index >= 15 is 0 Å². The van der Waals surface area contributed by atoms with Gasteiger partial charge in [0, 0.05) is 6.54 Å². The van der Waals surface area contributed by atoms with E-state index in [9.17, 15) is 4.79 Å². The van der Waals surface area contributed by atoms with Crippen molar-refractivity contribution in [2.75, 3.05) is 11.9 Å². The first-order valence-corrected chi connectivity index (χ1v) is 3.48. The molecular weight excluding hydrogens is 144 g/mol. The van der Waals surface area contributed by atoms with Crippen LogP contribution in [0.2, 0.25) is 0 Å². The lowest BCUT2D eigenvalue weighted by atomic mass is 10.5. The van der Waals surface area contributed by atoms with Crippen LogP contribution in [0.15, 0.2) is 11.0 Å². The van der Waals surface area contributed by atoms with Crippen LogP contribution in [-0.2, 0) is 0 Å². The molecule has 5 heteroatoms. The van der Waals surface area contributed by atoms with Crippen molar-refractivity contribution in [2.24, 2.45) is 0 Å². The lowest BCUT2D eigenvalue weighted by molar-refractivity contribution is 0.895. The average molecular weight is 154 g/mol. The summed E-state index contributed by atoms with van der Waals surface area (Å²) in [5.41, 5.74) is -0.425. The Morgan fingerprint density at radius 3 is 3.18 bits per heavy atom. The highest BCUT2D eigenvalue weighted by molar-refractivity contribution is 5.28. The van der Waals surface area contributed by atoms with Gasteiger partial charge in [-0.1, -0.05) is 6.92 Å². The third-order valence-electron chi connectivity index (χ3n) is 1.13. The number of nitrogens with one attached hydrogen (secondary N) is 2. The van der Waals surface area contributed by atoms with Gasteiger partial charge in [-0.3, -0.25) is 0 Å². The molecule has 0 saturated heterocycles. The average Bonchev–Trinajstić information content (AvgIpc) is 2.01. The van der Waals surface area contributed by atoms with E-state index in [1.54, 1.807) is 0 Å². The molecule has 0 radical (unpaired) electrons. The van der Waals surface area contributed by atoms with E-state index in [2.05, 4.69) is 20.5 Å². The summed E-state index contributed by atoms with van der Waals surface area (Å²) in [4.78, 5) is 14.2. The van der Waals surface area contributed by atoms with E-state index in [0.717, 1.165) is 13.0 Å². The van der Waals surface area contributed by atoms with Crippen LogP contribution < -0.4 is 11.0 Å². The smallest absolute Gasteiger partial charge is 0.363 e. The maximum absolute atomic E-state index is 10.6. The lowest BCUT2D eigenvalue weighted by Crippen LogP contribution is -2.14. The van der Waals surface area contributed by atoms with E-state index in [1.165, 1.54) is 6.20 Å². The second-order valence-electron chi connectivity index (χ2n) is 2.10. The number of rotatable bonds is 3. The Morgan fingerprint density at radius 1 is 1.73 bits per heavy atom. The fourth-order valence-electron chi connectivity index (χ4n) is 0.650. The molecule has 0 aliphatic carbocycles. The van der Waals surface area contributed by atoms with Gasteiger partial charge in [-0.15, -0.1) is 0 Å². The van der Waals surface area contributed by atoms with Crippen molar-refractivity contribution in [3.05, 3.63) is 16.7 Å². The van der Waals surface area contributed by atoms with Crippen LogP contribution >= 0.6 is 0 Å². The Labute approximate surface area is 63.9 Å². The highest BCUT2D eigenvalue weighted by Gasteiger charge is 1.91. The minimum absolute atomic E-state index is 0.425. The standard InChI is InChI=1S/C6H10N4O/c1-2-3-7-5-4-8-10-6(11)9-5/h4H,2-3H2,1H3,(H2,7,9,10,11). The molecule has 0 bridgehead atoms. The molecule has 1 rings (SSSR count). The van der Waals surface area contributed by atoms with Crippen molar-refractivity contribution in [2.45, 2.75) is 13.3 Å². The first-order valence-electron chi connectivity index (χ1n) is 3.48. The summed E-state index contributed by atoms with van der Waals surface area (Å²) in [6.07, 6.45) is 2.48. The van der Waals surface area contributed by atoms with Crippen LogP contribution in [0, 0.1) is 0 Å². The molecule has 0 unspecified atom stereocenters. The van der Waals surface area contributed by atoms with Gasteiger partial charge in [0.1, 0.15) is 0 Å². The third-order valence-corrected chi connectivity index (χ3v) is 1.13. The summed E-state index contributed by atoms with van der Waals surface area (Å²) in [6, 6.07) is 0. The normalized spacial score (nSPS) is 9.55. The van der Waals surface area contributed by atoms with Crippen molar-refractivity contribution in [1.82, 2.24) is 15.2 Å². The van der Waals surface area contributed by atoms with Crippen LogP contribution in [0.5, 0.6) is 0 Å². The molecule has 5 nitrogen and oxygen atoms in total. The SMILES string of the molecule is CCCNc1cn[nH]c(=O)n1. The Balaban J connectivity index is 2.64. The second-order valence-corrected chi connectivity index (χ2v) is 2.10. The van der Waals surface area contributed by atoms with Crippen LogP contribution in [0.4, 0.5) is 5.82 Å². The third kappa shape index (κ3) is 2.37. The molecule has 1 aromatic heterocycles. The van der Waals surface area contributed by atoms with Gasteiger partial charge in [-0.05, 0) is 6.42 Å². The largest absolute Gasteiger partial charge is 0.369 e. The minimum atomic E-state index is -0.425. The van der Waals surface area contributed by atoms with E-state index in [4.69, 9.17) is 0 Å². The van der Waals surface area contributed by atoms with Crippen LogP contribution in [0.3, 0.4) is 0 Å². The van der Waals surface area contributed by atoms with Gasteiger partial charge < -0.3 is 5.32 Å². The predicted molar refractivity (Wildman–Crippen MR) is 41.4 cm³/mol. The number of hydrogen-bond acceptors (Lipinski definition) is 4. The van der Waals surface area contributed by atoms with Gasteiger partial charge in [0.15, 0.2) is 5.82 Å². The van der Waals surface area contributed by atoms with Crippen molar-refractivity contribution < 1.29 is 0 Å². The number of aromatic amines is 1. The second kappa shape index (κ2) is 3.70. The van der Waals surface area contributed by atoms with Crippen LogP contribution in [0.1, 0.15) is 13.3 Å². The molecule has 11 heavy (non-hydrogen) atoms. The topological polar surface area (TPSA) is 70.7 Å². The highest BCUT2D eigenvalue weighted by Crippen LogP contribution is 1.92. The number of H-pyrrole nitrogens is 1. The van der Waals surface area contributed by atoms with Crippen molar-refractivity contribution >= 4 is 5.82 Å². The molecule has 0 aromatic carbocycles. The van der Waals surface area contributed by atoms with Gasteiger partial charge in [0.05, 0.1) is 6.20 Å². The Kier molecular flexibility index (Phi) is 2.59. The zero-order chi connectivity index (χ0) is 8.10.